The SMILES string of the molecule is COc1ccccc1C1(CNc2c(C)c(C)nc3ncnn23)CCC1. The van der Waals surface area contributed by atoms with Gasteiger partial charge in [0.15, 0.2) is 0 Å². The topological polar surface area (TPSA) is 64.3 Å². The molecule has 1 aliphatic rings. The Bertz CT molecular complexity index is 913. The van der Waals surface area contributed by atoms with Crippen molar-refractivity contribution in [3.8, 4) is 5.75 Å². The first-order valence-electron chi connectivity index (χ1n) is 8.69. The van der Waals surface area contributed by atoms with Crippen LogP contribution in [0.2, 0.25) is 0 Å². The van der Waals surface area contributed by atoms with E-state index in [4.69, 9.17) is 4.74 Å². The number of rotatable bonds is 5. The molecular formula is C19H23N5O. The molecule has 0 radical (unpaired) electrons. The maximum absolute atomic E-state index is 5.61. The number of ether oxygens (including phenoxy) is 1. The largest absolute Gasteiger partial charge is 0.496 e. The minimum absolute atomic E-state index is 0.100. The van der Waals surface area contributed by atoms with Crippen LogP contribution in [0.3, 0.4) is 0 Å². The molecule has 0 unspecified atom stereocenters. The van der Waals surface area contributed by atoms with Gasteiger partial charge in [-0.05, 0) is 32.8 Å². The Labute approximate surface area is 147 Å². The number of methoxy groups -OCH3 is 1. The molecule has 0 aliphatic heterocycles. The van der Waals surface area contributed by atoms with Crippen molar-refractivity contribution in [2.45, 2.75) is 38.5 Å². The number of nitrogens with one attached hydrogen (secondary N) is 1. The van der Waals surface area contributed by atoms with Crippen LogP contribution in [0, 0.1) is 13.8 Å². The third-order valence-electron chi connectivity index (χ3n) is 5.49. The van der Waals surface area contributed by atoms with E-state index in [2.05, 4.69) is 39.4 Å². The van der Waals surface area contributed by atoms with Gasteiger partial charge in [-0.25, -0.2) is 4.98 Å². The molecule has 2 heterocycles. The summed E-state index contributed by atoms with van der Waals surface area (Å²) in [5.41, 5.74) is 3.47. The third-order valence-corrected chi connectivity index (χ3v) is 5.49. The number of anilines is 1. The van der Waals surface area contributed by atoms with Crippen LogP contribution in [-0.4, -0.2) is 33.2 Å². The molecular weight excluding hydrogens is 314 g/mol. The van der Waals surface area contributed by atoms with Gasteiger partial charge >= 0.3 is 0 Å². The van der Waals surface area contributed by atoms with Crippen LogP contribution in [0.4, 0.5) is 5.82 Å². The summed E-state index contributed by atoms with van der Waals surface area (Å²) in [6, 6.07) is 8.36. The van der Waals surface area contributed by atoms with E-state index in [0.717, 1.165) is 42.2 Å². The van der Waals surface area contributed by atoms with Gasteiger partial charge in [0, 0.05) is 28.8 Å². The number of aryl methyl sites for hydroxylation is 1. The van der Waals surface area contributed by atoms with Gasteiger partial charge in [0.1, 0.15) is 17.9 Å². The lowest BCUT2D eigenvalue weighted by Crippen LogP contribution is -2.41. The first kappa shape index (κ1) is 15.9. The molecule has 0 bridgehead atoms. The highest BCUT2D eigenvalue weighted by Crippen LogP contribution is 2.47. The summed E-state index contributed by atoms with van der Waals surface area (Å²) in [5, 5.41) is 7.97. The van der Waals surface area contributed by atoms with E-state index < -0.39 is 0 Å². The van der Waals surface area contributed by atoms with Crippen molar-refractivity contribution in [1.82, 2.24) is 19.6 Å². The molecule has 6 nitrogen and oxygen atoms in total. The number of benzene rings is 1. The Morgan fingerprint density at radius 1 is 1.24 bits per heavy atom. The van der Waals surface area contributed by atoms with E-state index in [0.29, 0.717) is 5.78 Å². The molecule has 1 aliphatic carbocycles. The first-order chi connectivity index (χ1) is 12.1. The van der Waals surface area contributed by atoms with Gasteiger partial charge in [0.05, 0.1) is 7.11 Å². The van der Waals surface area contributed by atoms with Crippen LogP contribution in [0.25, 0.3) is 5.78 Å². The molecule has 0 saturated heterocycles. The Morgan fingerprint density at radius 3 is 2.76 bits per heavy atom. The van der Waals surface area contributed by atoms with Crippen molar-refractivity contribution in [3.63, 3.8) is 0 Å². The highest BCUT2D eigenvalue weighted by atomic mass is 16.5. The monoisotopic (exact) mass is 337 g/mol. The molecule has 4 rings (SSSR count). The second kappa shape index (κ2) is 6.02. The minimum atomic E-state index is 0.100. The van der Waals surface area contributed by atoms with Crippen molar-refractivity contribution in [2.75, 3.05) is 19.0 Å². The molecule has 1 saturated carbocycles. The minimum Gasteiger partial charge on any atom is -0.496 e. The van der Waals surface area contributed by atoms with Gasteiger partial charge in [0.2, 0.25) is 0 Å². The average molecular weight is 337 g/mol. The standard InChI is InChI=1S/C19H23N5O/c1-13-14(2)23-18-21-12-22-24(18)17(13)20-11-19(9-6-10-19)15-7-4-5-8-16(15)25-3/h4-5,7-8,12,20H,6,9-11H2,1-3H3. The molecule has 1 fully saturated rings. The molecule has 2 aromatic heterocycles. The zero-order chi connectivity index (χ0) is 17.4. The molecule has 130 valence electrons. The molecule has 6 heteroatoms. The normalized spacial score (nSPS) is 15.8. The van der Waals surface area contributed by atoms with Crippen LogP contribution < -0.4 is 10.1 Å². The van der Waals surface area contributed by atoms with Gasteiger partial charge in [-0.2, -0.15) is 14.6 Å². The Hall–Kier alpha value is -2.63. The van der Waals surface area contributed by atoms with E-state index >= 15 is 0 Å². The fraction of sp³-hybridized carbons (Fsp3) is 0.421. The van der Waals surface area contributed by atoms with Crippen molar-refractivity contribution in [1.29, 1.82) is 0 Å². The second-order valence-electron chi connectivity index (χ2n) is 6.83. The van der Waals surface area contributed by atoms with Gasteiger partial charge < -0.3 is 10.1 Å². The van der Waals surface area contributed by atoms with Gasteiger partial charge in [-0.1, -0.05) is 24.6 Å². The van der Waals surface area contributed by atoms with Crippen LogP contribution in [0.15, 0.2) is 30.6 Å². The zero-order valence-corrected chi connectivity index (χ0v) is 14.9. The van der Waals surface area contributed by atoms with Crippen LogP contribution in [-0.2, 0) is 5.41 Å². The highest BCUT2D eigenvalue weighted by Gasteiger charge is 2.40. The second-order valence-corrected chi connectivity index (χ2v) is 6.83. The maximum Gasteiger partial charge on any atom is 0.254 e. The quantitative estimate of drug-likeness (QED) is 0.774. The van der Waals surface area contributed by atoms with Crippen LogP contribution in [0.1, 0.15) is 36.1 Å². The molecule has 1 aromatic carbocycles. The lowest BCUT2D eigenvalue weighted by Gasteiger charge is -2.43. The molecule has 0 atom stereocenters. The van der Waals surface area contributed by atoms with Crippen molar-refractivity contribution in [3.05, 3.63) is 47.4 Å². The number of para-hydroxylation sites is 1. The molecule has 3 aromatic rings. The molecule has 1 N–H and O–H groups in total. The van der Waals surface area contributed by atoms with E-state index in [1.54, 1.807) is 18.0 Å². The van der Waals surface area contributed by atoms with E-state index in [-0.39, 0.29) is 5.41 Å². The van der Waals surface area contributed by atoms with Crippen molar-refractivity contribution in [2.24, 2.45) is 0 Å². The summed E-state index contributed by atoms with van der Waals surface area (Å²) in [5.74, 6) is 2.57. The molecule has 25 heavy (non-hydrogen) atoms. The summed E-state index contributed by atoms with van der Waals surface area (Å²) in [7, 11) is 1.74. The fourth-order valence-corrected chi connectivity index (χ4v) is 3.72. The first-order valence-corrected chi connectivity index (χ1v) is 8.69. The smallest absolute Gasteiger partial charge is 0.254 e. The molecule has 0 amide bonds. The average Bonchev–Trinajstić information content (AvgIpc) is 3.05. The van der Waals surface area contributed by atoms with Crippen LogP contribution in [0.5, 0.6) is 5.75 Å². The Morgan fingerprint density at radius 2 is 2.04 bits per heavy atom. The predicted octanol–water partition coefficient (Wildman–Crippen LogP) is 3.28. The van der Waals surface area contributed by atoms with Crippen molar-refractivity contribution >= 4 is 11.6 Å². The number of hydrogen-bond acceptors (Lipinski definition) is 5. The summed E-state index contributed by atoms with van der Waals surface area (Å²) in [4.78, 5) is 8.72. The fourth-order valence-electron chi connectivity index (χ4n) is 3.72. The summed E-state index contributed by atoms with van der Waals surface area (Å²) in [6.07, 6.45) is 5.10. The zero-order valence-electron chi connectivity index (χ0n) is 14.9. The van der Waals surface area contributed by atoms with Gasteiger partial charge in [-0.3, -0.25) is 0 Å². The highest BCUT2D eigenvalue weighted by molar-refractivity contribution is 5.53. The van der Waals surface area contributed by atoms with E-state index in [1.807, 2.05) is 19.1 Å². The number of fused-ring (bicyclic) bond motifs is 1. The summed E-state index contributed by atoms with van der Waals surface area (Å²) in [6.45, 7) is 4.92. The Balaban J connectivity index is 1.68. The number of nitrogens with zero attached hydrogens (tertiary/aromatic N) is 4. The van der Waals surface area contributed by atoms with Crippen LogP contribution >= 0.6 is 0 Å². The maximum atomic E-state index is 5.61. The van der Waals surface area contributed by atoms with Gasteiger partial charge in [0.25, 0.3) is 5.78 Å². The summed E-state index contributed by atoms with van der Waals surface area (Å²) >= 11 is 0. The predicted molar refractivity (Wildman–Crippen MR) is 97.3 cm³/mol. The lowest BCUT2D eigenvalue weighted by molar-refractivity contribution is 0.250. The number of aromatic nitrogens is 4. The van der Waals surface area contributed by atoms with Crippen molar-refractivity contribution < 1.29 is 4.74 Å². The van der Waals surface area contributed by atoms with E-state index in [1.165, 1.54) is 12.0 Å². The number of hydrogen-bond donors (Lipinski definition) is 1. The Kier molecular flexibility index (Phi) is 3.82. The molecule has 0 spiro atoms. The summed E-state index contributed by atoms with van der Waals surface area (Å²) < 4.78 is 7.40. The van der Waals surface area contributed by atoms with Gasteiger partial charge in [-0.15, -0.1) is 0 Å². The van der Waals surface area contributed by atoms with E-state index in [9.17, 15) is 0 Å². The lowest BCUT2D eigenvalue weighted by atomic mass is 9.64. The third kappa shape index (κ3) is 2.52.